The van der Waals surface area contributed by atoms with Gasteiger partial charge >= 0.3 is 0 Å². The third kappa shape index (κ3) is 8.54. The van der Waals surface area contributed by atoms with E-state index < -0.39 is 0 Å². The molecule has 0 unspecified atom stereocenters. The van der Waals surface area contributed by atoms with Crippen LogP contribution in [0.1, 0.15) is 123 Å². The minimum absolute atomic E-state index is 0.164. The van der Waals surface area contributed by atoms with Crippen LogP contribution in [-0.4, -0.2) is 33.4 Å². The van der Waals surface area contributed by atoms with E-state index in [-0.39, 0.29) is 10.8 Å². The highest BCUT2D eigenvalue weighted by molar-refractivity contribution is 7.31. The lowest BCUT2D eigenvalue weighted by molar-refractivity contribution is 0.310. The standard InChI is InChI=1S/C45H57N5S5/c1-8-11-14-16-23-50(24-17-15-12-9-2)31-20-18-30(19-21-31)33-25-34-36(51-33)27-39(53-34)45(6,7)44(4,5)32-29-47-42(43-41(32)48-55-49-43)38-26-35-37(52-38)28-40(54-35)46-22-13-10-3/h18-21,25-29,46H,8-17,22-24H2,1-7H3. The Bertz CT molecular complexity index is 2230. The van der Waals surface area contributed by atoms with Crippen molar-refractivity contribution in [2.45, 2.75) is 124 Å². The molecule has 55 heavy (non-hydrogen) atoms. The van der Waals surface area contributed by atoms with E-state index in [4.69, 9.17) is 13.7 Å². The van der Waals surface area contributed by atoms with Crippen molar-refractivity contribution in [3.05, 3.63) is 65.2 Å². The summed E-state index contributed by atoms with van der Waals surface area (Å²) < 4.78 is 15.1. The third-order valence-electron chi connectivity index (χ3n) is 11.7. The van der Waals surface area contributed by atoms with Gasteiger partial charge in [-0.15, -0.1) is 45.3 Å². The molecule has 0 bridgehead atoms. The molecular formula is C45H57N5S5. The minimum Gasteiger partial charge on any atom is -0.377 e. The number of fused-ring (bicyclic) bond motifs is 3. The smallest absolute Gasteiger partial charge is 0.132 e. The molecule has 0 saturated heterocycles. The molecule has 0 saturated carbocycles. The van der Waals surface area contributed by atoms with E-state index in [1.807, 2.05) is 34.0 Å². The van der Waals surface area contributed by atoms with Crippen molar-refractivity contribution in [3.8, 4) is 21.0 Å². The second kappa shape index (κ2) is 17.7. The van der Waals surface area contributed by atoms with E-state index in [0.29, 0.717) is 0 Å². The summed E-state index contributed by atoms with van der Waals surface area (Å²) in [4.78, 5) is 11.7. The summed E-state index contributed by atoms with van der Waals surface area (Å²) in [5, 5.41) is 4.83. The Morgan fingerprint density at radius 2 is 1.24 bits per heavy atom. The van der Waals surface area contributed by atoms with Crippen LogP contribution < -0.4 is 10.2 Å². The van der Waals surface area contributed by atoms with Gasteiger partial charge in [0.15, 0.2) is 0 Å². The van der Waals surface area contributed by atoms with Crippen LogP contribution in [0.5, 0.6) is 0 Å². The molecule has 0 radical (unpaired) electrons. The molecule has 7 rings (SSSR count). The van der Waals surface area contributed by atoms with E-state index in [9.17, 15) is 0 Å². The van der Waals surface area contributed by atoms with Gasteiger partial charge in [0.2, 0.25) is 0 Å². The van der Waals surface area contributed by atoms with Crippen molar-refractivity contribution in [2.75, 3.05) is 29.9 Å². The molecule has 0 atom stereocenters. The topological polar surface area (TPSA) is 53.9 Å². The van der Waals surface area contributed by atoms with Crippen LogP contribution in [-0.2, 0) is 10.8 Å². The van der Waals surface area contributed by atoms with Gasteiger partial charge in [0, 0.05) is 76.5 Å². The van der Waals surface area contributed by atoms with Gasteiger partial charge in [-0.3, -0.25) is 4.98 Å². The largest absolute Gasteiger partial charge is 0.377 e. The molecular weight excluding hydrogens is 771 g/mol. The number of nitrogens with one attached hydrogen (secondary N) is 1. The highest BCUT2D eigenvalue weighted by Crippen LogP contribution is 2.51. The van der Waals surface area contributed by atoms with Gasteiger partial charge in [-0.1, -0.05) is 106 Å². The average molecular weight is 828 g/mol. The maximum Gasteiger partial charge on any atom is 0.132 e. The Morgan fingerprint density at radius 1 is 0.618 bits per heavy atom. The number of nitrogens with zero attached hydrogens (tertiary/aromatic N) is 4. The number of aromatic nitrogens is 3. The van der Waals surface area contributed by atoms with Gasteiger partial charge < -0.3 is 10.2 Å². The number of unbranched alkanes of at least 4 members (excludes halogenated alkanes) is 7. The van der Waals surface area contributed by atoms with Crippen LogP contribution in [0.3, 0.4) is 0 Å². The lowest BCUT2D eigenvalue weighted by atomic mass is 9.63. The van der Waals surface area contributed by atoms with E-state index in [2.05, 4.69) is 113 Å². The Labute approximate surface area is 348 Å². The van der Waals surface area contributed by atoms with Crippen molar-refractivity contribution in [1.82, 2.24) is 13.7 Å². The normalized spacial score (nSPS) is 12.5. The van der Waals surface area contributed by atoms with Crippen molar-refractivity contribution in [1.29, 1.82) is 0 Å². The molecule has 0 fully saturated rings. The molecule has 6 aromatic heterocycles. The number of hydrogen-bond acceptors (Lipinski definition) is 10. The van der Waals surface area contributed by atoms with Gasteiger partial charge in [0.1, 0.15) is 16.7 Å². The SMILES string of the molecule is CCCCCCN(CCCCCC)c1ccc(-c2cc3sc(C(C)(C)C(C)(C)c4cnc(-c5cc6sc(NCCCC)cc6s5)c5nsnc45)cc3s2)cc1. The van der Waals surface area contributed by atoms with Crippen molar-refractivity contribution < 1.29 is 0 Å². The maximum atomic E-state index is 5.13. The van der Waals surface area contributed by atoms with Crippen molar-refractivity contribution in [3.63, 3.8) is 0 Å². The summed E-state index contributed by atoms with van der Waals surface area (Å²) in [6.45, 7) is 19.6. The number of hydrogen-bond donors (Lipinski definition) is 1. The highest BCUT2D eigenvalue weighted by atomic mass is 32.1. The first-order chi connectivity index (χ1) is 26.6. The Hall–Kier alpha value is -2.89. The second-order valence-corrected chi connectivity index (χ2v) is 20.9. The van der Waals surface area contributed by atoms with Gasteiger partial charge in [0.05, 0.1) is 21.6 Å². The summed E-state index contributed by atoms with van der Waals surface area (Å²) in [6, 6.07) is 18.8. The first kappa shape index (κ1) is 40.3. The molecule has 6 heterocycles. The lowest BCUT2D eigenvalue weighted by Crippen LogP contribution is -2.40. The molecule has 0 aliphatic carbocycles. The zero-order valence-corrected chi connectivity index (χ0v) is 37.8. The van der Waals surface area contributed by atoms with Gasteiger partial charge in [-0.25, -0.2) is 0 Å². The van der Waals surface area contributed by atoms with Crippen molar-refractivity contribution in [2.24, 2.45) is 0 Å². The second-order valence-electron chi connectivity index (χ2n) is 16.1. The fourth-order valence-corrected chi connectivity index (χ4v) is 13.0. The number of rotatable bonds is 20. The van der Waals surface area contributed by atoms with Crippen LogP contribution in [0.2, 0.25) is 0 Å². The predicted molar refractivity (Wildman–Crippen MR) is 249 cm³/mol. The molecule has 292 valence electrons. The first-order valence-corrected chi connectivity index (χ1v) is 24.4. The van der Waals surface area contributed by atoms with Crippen LogP contribution in [0.4, 0.5) is 10.7 Å². The minimum atomic E-state index is -0.244. The summed E-state index contributed by atoms with van der Waals surface area (Å²) in [5.74, 6) is 0. The zero-order valence-electron chi connectivity index (χ0n) is 33.7. The molecule has 1 aromatic carbocycles. The van der Waals surface area contributed by atoms with Crippen LogP contribution >= 0.6 is 57.1 Å². The summed E-state index contributed by atoms with van der Waals surface area (Å²) in [5.41, 5.74) is 6.28. The van der Waals surface area contributed by atoms with E-state index in [1.165, 1.54) is 121 Å². The quantitative estimate of drug-likeness (QED) is 0.0776. The molecule has 7 aromatic rings. The van der Waals surface area contributed by atoms with E-state index >= 15 is 0 Å². The molecule has 0 spiro atoms. The first-order valence-electron chi connectivity index (χ1n) is 20.4. The van der Waals surface area contributed by atoms with Gasteiger partial charge in [-0.2, -0.15) is 8.75 Å². The maximum absolute atomic E-state index is 5.13. The number of pyridine rings is 1. The lowest BCUT2D eigenvalue weighted by Gasteiger charge is -2.41. The molecule has 0 aliphatic rings. The van der Waals surface area contributed by atoms with Crippen LogP contribution in [0.15, 0.2) is 54.7 Å². The molecule has 0 aliphatic heterocycles. The van der Waals surface area contributed by atoms with Gasteiger partial charge in [0.25, 0.3) is 0 Å². The number of anilines is 2. The molecule has 0 amide bonds. The van der Waals surface area contributed by atoms with E-state index in [1.54, 1.807) is 11.3 Å². The fourth-order valence-electron chi connectivity index (χ4n) is 7.43. The number of benzene rings is 1. The fraction of sp³-hybridized carbons (Fsp3) is 0.489. The molecule has 1 N–H and O–H groups in total. The average Bonchev–Trinajstić information content (AvgIpc) is 4.01. The number of thiophene rings is 4. The molecule has 10 heteroatoms. The zero-order chi connectivity index (χ0) is 38.6. The summed E-state index contributed by atoms with van der Waals surface area (Å²) in [6.07, 6.45) is 14.9. The third-order valence-corrected chi connectivity index (χ3v) is 17.2. The van der Waals surface area contributed by atoms with Crippen LogP contribution in [0.25, 0.3) is 50.8 Å². The Morgan fingerprint density at radius 3 is 1.91 bits per heavy atom. The van der Waals surface area contributed by atoms with Crippen LogP contribution in [0, 0.1) is 0 Å². The Balaban J connectivity index is 1.09. The van der Waals surface area contributed by atoms with Crippen molar-refractivity contribution >= 4 is 97.6 Å². The summed E-state index contributed by atoms with van der Waals surface area (Å²) >= 11 is 8.79. The molecule has 5 nitrogen and oxygen atoms in total. The summed E-state index contributed by atoms with van der Waals surface area (Å²) in [7, 11) is 0. The van der Waals surface area contributed by atoms with E-state index in [0.717, 1.165) is 46.8 Å². The predicted octanol–water partition coefficient (Wildman–Crippen LogP) is 15.4. The monoisotopic (exact) mass is 827 g/mol. The van der Waals surface area contributed by atoms with Gasteiger partial charge in [-0.05, 0) is 61.2 Å². The highest BCUT2D eigenvalue weighted by Gasteiger charge is 2.43. The Kier molecular flexibility index (Phi) is 13.0.